The predicted octanol–water partition coefficient (Wildman–Crippen LogP) is 1.40. The van der Waals surface area contributed by atoms with Crippen LogP contribution >= 0.6 is 0 Å². The highest BCUT2D eigenvalue weighted by Crippen LogP contribution is 2.11. The lowest BCUT2D eigenvalue weighted by molar-refractivity contribution is 0.521. The molecule has 17 heavy (non-hydrogen) atoms. The van der Waals surface area contributed by atoms with Gasteiger partial charge >= 0.3 is 0 Å². The molecule has 5 heteroatoms. The molecule has 0 saturated heterocycles. The summed E-state index contributed by atoms with van der Waals surface area (Å²) in [7, 11) is -3.42. The fraction of sp³-hybridized carbons (Fsp3) is 0.500. The Hall–Kier alpha value is -0.910. The Kier molecular flexibility index (Phi) is 5.11. The molecule has 0 heterocycles. The van der Waals surface area contributed by atoms with Crippen LogP contribution in [0.1, 0.15) is 25.3 Å². The third-order valence-electron chi connectivity index (χ3n) is 2.66. The first-order chi connectivity index (χ1) is 7.99. The highest BCUT2D eigenvalue weighted by Gasteiger charge is 2.18. The molecule has 1 aromatic carbocycles. The number of nitrogens with one attached hydrogen (secondary N) is 1. The number of aryl methyl sites for hydroxylation is 1. The molecular formula is C12H20N2O2S. The third kappa shape index (κ3) is 4.11. The van der Waals surface area contributed by atoms with E-state index in [-0.39, 0.29) is 6.04 Å². The van der Waals surface area contributed by atoms with Gasteiger partial charge in [0.2, 0.25) is 10.0 Å². The maximum Gasteiger partial charge on any atom is 0.240 e. The SMILES string of the molecule is CCC(CCN)NS(=O)(=O)c1ccc(C)cc1. The van der Waals surface area contributed by atoms with Crippen molar-refractivity contribution in [3.8, 4) is 0 Å². The highest BCUT2D eigenvalue weighted by atomic mass is 32.2. The van der Waals surface area contributed by atoms with Crippen molar-refractivity contribution in [1.82, 2.24) is 4.72 Å². The number of hydrogen-bond donors (Lipinski definition) is 2. The minimum Gasteiger partial charge on any atom is -0.330 e. The van der Waals surface area contributed by atoms with E-state index in [4.69, 9.17) is 5.73 Å². The van der Waals surface area contributed by atoms with Gasteiger partial charge in [-0.1, -0.05) is 24.6 Å². The van der Waals surface area contributed by atoms with Gasteiger partial charge in [0.25, 0.3) is 0 Å². The van der Waals surface area contributed by atoms with Crippen LogP contribution in [0.2, 0.25) is 0 Å². The van der Waals surface area contributed by atoms with Crippen molar-refractivity contribution in [2.24, 2.45) is 5.73 Å². The summed E-state index contributed by atoms with van der Waals surface area (Å²) in [4.78, 5) is 0.304. The Labute approximate surface area is 103 Å². The van der Waals surface area contributed by atoms with Gasteiger partial charge in [0, 0.05) is 6.04 Å². The standard InChI is InChI=1S/C12H20N2O2S/c1-3-11(8-9-13)14-17(15,16)12-6-4-10(2)5-7-12/h4-7,11,14H,3,8-9,13H2,1-2H3. The zero-order valence-corrected chi connectivity index (χ0v) is 11.1. The number of hydrogen-bond acceptors (Lipinski definition) is 3. The van der Waals surface area contributed by atoms with E-state index in [0.717, 1.165) is 12.0 Å². The van der Waals surface area contributed by atoms with Gasteiger partial charge in [-0.15, -0.1) is 0 Å². The summed E-state index contributed by atoms with van der Waals surface area (Å²) < 4.78 is 26.7. The normalized spacial score (nSPS) is 13.6. The lowest BCUT2D eigenvalue weighted by Crippen LogP contribution is -2.35. The van der Waals surface area contributed by atoms with Crippen LogP contribution in [-0.2, 0) is 10.0 Å². The van der Waals surface area contributed by atoms with E-state index in [9.17, 15) is 8.42 Å². The van der Waals surface area contributed by atoms with Crippen molar-refractivity contribution in [2.75, 3.05) is 6.54 Å². The summed E-state index contributed by atoms with van der Waals surface area (Å²) in [5.41, 5.74) is 6.49. The van der Waals surface area contributed by atoms with Crippen LogP contribution in [0.4, 0.5) is 0 Å². The predicted molar refractivity (Wildman–Crippen MR) is 69.3 cm³/mol. The number of benzene rings is 1. The van der Waals surface area contributed by atoms with Crippen molar-refractivity contribution in [2.45, 2.75) is 37.6 Å². The Morgan fingerprint density at radius 1 is 1.29 bits per heavy atom. The van der Waals surface area contributed by atoms with E-state index in [0.29, 0.717) is 17.9 Å². The molecule has 1 rings (SSSR count). The maximum absolute atomic E-state index is 12.0. The summed E-state index contributed by atoms with van der Waals surface area (Å²) in [5.74, 6) is 0. The van der Waals surface area contributed by atoms with Crippen molar-refractivity contribution in [3.63, 3.8) is 0 Å². The molecule has 1 aromatic rings. The summed E-state index contributed by atoms with van der Waals surface area (Å²) >= 11 is 0. The van der Waals surface area contributed by atoms with Gasteiger partial charge < -0.3 is 5.73 Å². The van der Waals surface area contributed by atoms with Crippen molar-refractivity contribution >= 4 is 10.0 Å². The Morgan fingerprint density at radius 2 is 1.88 bits per heavy atom. The van der Waals surface area contributed by atoms with E-state index >= 15 is 0 Å². The van der Waals surface area contributed by atoms with Crippen LogP contribution < -0.4 is 10.5 Å². The molecule has 0 aliphatic carbocycles. The van der Waals surface area contributed by atoms with Crippen LogP contribution in [0.3, 0.4) is 0 Å². The maximum atomic E-state index is 12.0. The first-order valence-corrected chi connectivity index (χ1v) is 7.27. The Balaban J connectivity index is 2.84. The van der Waals surface area contributed by atoms with Gasteiger partial charge in [0.1, 0.15) is 0 Å². The van der Waals surface area contributed by atoms with Crippen molar-refractivity contribution in [3.05, 3.63) is 29.8 Å². The van der Waals surface area contributed by atoms with Gasteiger partial charge in [0.05, 0.1) is 4.90 Å². The monoisotopic (exact) mass is 256 g/mol. The molecule has 1 atom stereocenters. The summed E-state index contributed by atoms with van der Waals surface area (Å²) in [5, 5.41) is 0. The minimum atomic E-state index is -3.42. The molecule has 0 aliphatic heterocycles. The molecule has 0 aromatic heterocycles. The van der Waals surface area contributed by atoms with Crippen LogP contribution in [0.5, 0.6) is 0 Å². The summed E-state index contributed by atoms with van der Waals surface area (Å²) in [6.45, 7) is 4.35. The van der Waals surface area contributed by atoms with E-state index in [1.54, 1.807) is 24.3 Å². The molecule has 0 bridgehead atoms. The topological polar surface area (TPSA) is 72.2 Å². The van der Waals surface area contributed by atoms with Gasteiger partial charge in [-0.3, -0.25) is 0 Å². The average Bonchev–Trinajstić information content (AvgIpc) is 2.28. The van der Waals surface area contributed by atoms with Crippen molar-refractivity contribution < 1.29 is 8.42 Å². The van der Waals surface area contributed by atoms with Gasteiger partial charge in [0.15, 0.2) is 0 Å². The smallest absolute Gasteiger partial charge is 0.240 e. The fourth-order valence-electron chi connectivity index (χ4n) is 1.55. The lowest BCUT2D eigenvalue weighted by Gasteiger charge is -2.16. The first-order valence-electron chi connectivity index (χ1n) is 5.78. The van der Waals surface area contributed by atoms with Crippen molar-refractivity contribution in [1.29, 1.82) is 0 Å². The zero-order chi connectivity index (χ0) is 12.9. The molecule has 0 fully saturated rings. The second kappa shape index (κ2) is 6.14. The molecule has 0 spiro atoms. The Morgan fingerprint density at radius 3 is 2.35 bits per heavy atom. The Bertz CT molecular complexity index is 440. The quantitative estimate of drug-likeness (QED) is 0.808. The molecule has 0 aliphatic rings. The average molecular weight is 256 g/mol. The number of nitrogens with two attached hydrogens (primary N) is 1. The van der Waals surface area contributed by atoms with Gasteiger partial charge in [-0.2, -0.15) is 0 Å². The molecule has 4 nitrogen and oxygen atoms in total. The van der Waals surface area contributed by atoms with Crippen LogP contribution in [-0.4, -0.2) is 21.0 Å². The molecule has 0 saturated carbocycles. The van der Waals surface area contributed by atoms with Crippen LogP contribution in [0.25, 0.3) is 0 Å². The molecule has 1 unspecified atom stereocenters. The lowest BCUT2D eigenvalue weighted by atomic mass is 10.2. The molecule has 0 amide bonds. The molecular weight excluding hydrogens is 236 g/mol. The van der Waals surface area contributed by atoms with E-state index in [1.165, 1.54) is 0 Å². The summed E-state index contributed by atoms with van der Waals surface area (Å²) in [6.07, 6.45) is 1.39. The first kappa shape index (κ1) is 14.2. The van der Waals surface area contributed by atoms with Gasteiger partial charge in [-0.25, -0.2) is 13.1 Å². The van der Waals surface area contributed by atoms with E-state index in [1.807, 2.05) is 13.8 Å². The van der Waals surface area contributed by atoms with E-state index in [2.05, 4.69) is 4.72 Å². The second-order valence-corrected chi connectivity index (χ2v) is 5.83. The zero-order valence-electron chi connectivity index (χ0n) is 10.3. The van der Waals surface area contributed by atoms with Crippen LogP contribution in [0, 0.1) is 6.92 Å². The molecule has 0 radical (unpaired) electrons. The van der Waals surface area contributed by atoms with Crippen LogP contribution in [0.15, 0.2) is 29.2 Å². The molecule has 3 N–H and O–H groups in total. The van der Waals surface area contributed by atoms with Gasteiger partial charge in [-0.05, 0) is 38.4 Å². The summed E-state index contributed by atoms with van der Waals surface area (Å²) in [6, 6.07) is 6.72. The third-order valence-corrected chi connectivity index (χ3v) is 4.20. The molecule has 96 valence electrons. The largest absolute Gasteiger partial charge is 0.330 e. The number of rotatable bonds is 6. The number of sulfonamides is 1. The second-order valence-electron chi connectivity index (χ2n) is 4.12. The minimum absolute atomic E-state index is 0.0914. The highest BCUT2D eigenvalue weighted by molar-refractivity contribution is 7.89. The van der Waals surface area contributed by atoms with E-state index < -0.39 is 10.0 Å². The fourth-order valence-corrected chi connectivity index (χ4v) is 2.91.